The second kappa shape index (κ2) is 13.0. The van der Waals surface area contributed by atoms with E-state index in [2.05, 4.69) is 66.8 Å². The summed E-state index contributed by atoms with van der Waals surface area (Å²) in [4.78, 5) is 9.33. The Morgan fingerprint density at radius 2 is 1.46 bits per heavy atom. The van der Waals surface area contributed by atoms with E-state index in [1.807, 2.05) is 42.5 Å². The molecule has 0 aliphatic carbocycles. The molecule has 196 valence electrons. The number of hydrogen-bond acceptors (Lipinski definition) is 5. The number of imidazole rings is 1. The first-order valence-corrected chi connectivity index (χ1v) is 13.2. The van der Waals surface area contributed by atoms with Gasteiger partial charge in [0, 0.05) is 36.2 Å². The van der Waals surface area contributed by atoms with Gasteiger partial charge in [-0.25, -0.2) is 4.98 Å². The molecule has 0 atom stereocenters. The third-order valence-electron chi connectivity index (χ3n) is 6.20. The monoisotopic (exact) mass is 520 g/mol. The van der Waals surface area contributed by atoms with E-state index in [-0.39, 0.29) is 0 Å². The van der Waals surface area contributed by atoms with Crippen LogP contribution in [0.25, 0.3) is 22.4 Å². The number of halogens is 1. The average molecular weight is 521 g/mol. The van der Waals surface area contributed by atoms with Crippen LogP contribution in [0.1, 0.15) is 12.0 Å². The van der Waals surface area contributed by atoms with Crippen LogP contribution in [0.3, 0.4) is 0 Å². The second-order valence-electron chi connectivity index (χ2n) is 9.80. The summed E-state index contributed by atoms with van der Waals surface area (Å²) in [5, 5.41) is 0.751. The van der Waals surface area contributed by atoms with Crippen molar-refractivity contribution in [2.75, 3.05) is 54.5 Å². The van der Waals surface area contributed by atoms with Crippen LogP contribution in [0.5, 0.6) is 11.5 Å². The fourth-order valence-electron chi connectivity index (χ4n) is 4.17. The van der Waals surface area contributed by atoms with E-state index in [0.29, 0.717) is 13.2 Å². The van der Waals surface area contributed by atoms with Crippen molar-refractivity contribution >= 4 is 22.6 Å². The Kier molecular flexibility index (Phi) is 9.45. The van der Waals surface area contributed by atoms with Crippen molar-refractivity contribution in [3.63, 3.8) is 0 Å². The van der Waals surface area contributed by atoms with Crippen molar-refractivity contribution in [2.24, 2.45) is 0 Å². The van der Waals surface area contributed by atoms with Crippen molar-refractivity contribution in [3.05, 3.63) is 77.3 Å². The molecule has 3 aromatic carbocycles. The highest BCUT2D eigenvalue weighted by atomic mass is 35.5. The normalized spacial score (nSPS) is 11.5. The number of nitrogens with zero attached hydrogens (tertiary/aromatic N) is 4. The number of likely N-dealkylation sites (N-methyl/N-ethyl adjacent to an activating group) is 1. The molecule has 0 spiro atoms. The second-order valence-corrected chi connectivity index (χ2v) is 10.2. The van der Waals surface area contributed by atoms with Gasteiger partial charge >= 0.3 is 0 Å². The molecule has 0 aliphatic rings. The lowest BCUT2D eigenvalue weighted by molar-refractivity contribution is 0.261. The van der Waals surface area contributed by atoms with Crippen molar-refractivity contribution in [1.82, 2.24) is 19.4 Å². The molecule has 37 heavy (non-hydrogen) atoms. The summed E-state index contributed by atoms with van der Waals surface area (Å²) in [6.45, 7) is 4.03. The van der Waals surface area contributed by atoms with Crippen LogP contribution >= 0.6 is 11.6 Å². The highest BCUT2D eigenvalue weighted by Crippen LogP contribution is 2.29. The maximum absolute atomic E-state index is 6.01. The van der Waals surface area contributed by atoms with E-state index in [1.165, 1.54) is 5.56 Å². The molecule has 4 rings (SSSR count). The molecule has 6 nitrogen and oxygen atoms in total. The van der Waals surface area contributed by atoms with Crippen molar-refractivity contribution < 1.29 is 9.47 Å². The number of benzene rings is 3. The number of fused-ring (bicyclic) bond motifs is 1. The van der Waals surface area contributed by atoms with Gasteiger partial charge in [0.25, 0.3) is 0 Å². The molecular weight excluding hydrogens is 484 g/mol. The molecule has 0 saturated carbocycles. The molecule has 0 saturated heterocycles. The lowest BCUT2D eigenvalue weighted by atomic mass is 10.1. The fraction of sp³-hybridized carbons (Fsp3) is 0.367. The number of aromatic nitrogens is 2. The third-order valence-corrected chi connectivity index (χ3v) is 6.45. The number of rotatable bonds is 13. The largest absolute Gasteiger partial charge is 0.493 e. The molecule has 0 aliphatic heterocycles. The Hall–Kier alpha value is -3.06. The summed E-state index contributed by atoms with van der Waals surface area (Å²) in [6.07, 6.45) is 1.86. The summed E-state index contributed by atoms with van der Waals surface area (Å²) in [7, 11) is 8.31. The van der Waals surface area contributed by atoms with Crippen LogP contribution < -0.4 is 9.47 Å². The molecule has 1 aromatic heterocycles. The quantitative estimate of drug-likeness (QED) is 0.220. The molecule has 7 heteroatoms. The molecule has 0 unspecified atom stereocenters. The maximum Gasteiger partial charge on any atom is 0.141 e. The summed E-state index contributed by atoms with van der Waals surface area (Å²) in [5.41, 5.74) is 4.35. The highest BCUT2D eigenvalue weighted by molar-refractivity contribution is 6.30. The minimum absolute atomic E-state index is 0.612. The molecule has 0 radical (unpaired) electrons. The van der Waals surface area contributed by atoms with Crippen molar-refractivity contribution in [2.45, 2.75) is 19.4 Å². The Balaban J connectivity index is 1.50. The van der Waals surface area contributed by atoms with Gasteiger partial charge in [-0.1, -0.05) is 23.7 Å². The predicted molar refractivity (Wildman–Crippen MR) is 153 cm³/mol. The SMILES string of the molecule is CN(C)CCCn1c(-c2ccc(OCCc3ccc(Cl)cc3)cc2)nc2ccc(OCCN(C)C)cc21. The summed E-state index contributed by atoms with van der Waals surface area (Å²) in [6, 6.07) is 22.3. The van der Waals surface area contributed by atoms with E-state index in [1.54, 1.807) is 0 Å². The molecular formula is C30H37ClN4O2. The van der Waals surface area contributed by atoms with Crippen LogP contribution in [0.2, 0.25) is 5.02 Å². The van der Waals surface area contributed by atoms with Crippen LogP contribution in [-0.2, 0) is 13.0 Å². The van der Waals surface area contributed by atoms with Crippen molar-refractivity contribution in [1.29, 1.82) is 0 Å². The van der Waals surface area contributed by atoms with Gasteiger partial charge in [0.15, 0.2) is 0 Å². The minimum atomic E-state index is 0.612. The maximum atomic E-state index is 6.01. The van der Waals surface area contributed by atoms with E-state index >= 15 is 0 Å². The first-order valence-electron chi connectivity index (χ1n) is 12.8. The Morgan fingerprint density at radius 3 is 2.16 bits per heavy atom. The standard InChI is InChI=1S/C30H37ClN4O2/c1-33(2)17-5-18-35-29-22-27(37-21-19-34(3)4)14-15-28(29)32-30(35)24-8-12-26(13-9-24)36-20-16-23-6-10-25(31)11-7-23/h6-15,22H,5,16-21H2,1-4H3. The van der Waals surface area contributed by atoms with Crippen molar-refractivity contribution in [3.8, 4) is 22.9 Å². The number of ether oxygens (including phenoxy) is 2. The smallest absolute Gasteiger partial charge is 0.141 e. The van der Waals surface area contributed by atoms with Gasteiger partial charge in [0.05, 0.1) is 17.6 Å². The molecule has 1 heterocycles. The van der Waals surface area contributed by atoms with Gasteiger partial charge in [0.1, 0.15) is 23.9 Å². The first kappa shape index (κ1) is 27.0. The van der Waals surface area contributed by atoms with Gasteiger partial charge in [-0.3, -0.25) is 0 Å². The Bertz CT molecular complexity index is 1270. The number of aryl methyl sites for hydroxylation is 1. The van der Waals surface area contributed by atoms with Crippen LogP contribution in [0, 0.1) is 0 Å². The minimum Gasteiger partial charge on any atom is -0.493 e. The van der Waals surface area contributed by atoms with Gasteiger partial charge in [0.2, 0.25) is 0 Å². The molecule has 0 fully saturated rings. The molecule has 0 amide bonds. The molecule has 0 N–H and O–H groups in total. The van der Waals surface area contributed by atoms with Gasteiger partial charge < -0.3 is 23.8 Å². The molecule has 0 bridgehead atoms. The zero-order valence-electron chi connectivity index (χ0n) is 22.3. The topological polar surface area (TPSA) is 42.8 Å². The Morgan fingerprint density at radius 1 is 0.784 bits per heavy atom. The van der Waals surface area contributed by atoms with E-state index in [4.69, 9.17) is 26.1 Å². The van der Waals surface area contributed by atoms with Gasteiger partial charge in [-0.2, -0.15) is 0 Å². The van der Waals surface area contributed by atoms with Gasteiger partial charge in [-0.05, 0) is 95.3 Å². The lowest BCUT2D eigenvalue weighted by Crippen LogP contribution is -2.19. The van der Waals surface area contributed by atoms with Crippen LogP contribution in [0.15, 0.2) is 66.7 Å². The molecule has 4 aromatic rings. The summed E-state index contributed by atoms with van der Waals surface area (Å²) >= 11 is 5.98. The lowest BCUT2D eigenvalue weighted by Gasteiger charge is -2.14. The van der Waals surface area contributed by atoms with E-state index in [9.17, 15) is 0 Å². The first-order chi connectivity index (χ1) is 17.9. The fourth-order valence-corrected chi connectivity index (χ4v) is 4.29. The van der Waals surface area contributed by atoms with Gasteiger partial charge in [-0.15, -0.1) is 0 Å². The van der Waals surface area contributed by atoms with Crippen LogP contribution in [0.4, 0.5) is 0 Å². The van der Waals surface area contributed by atoms with E-state index < -0.39 is 0 Å². The summed E-state index contributed by atoms with van der Waals surface area (Å²) in [5.74, 6) is 2.69. The number of hydrogen-bond donors (Lipinski definition) is 0. The zero-order valence-corrected chi connectivity index (χ0v) is 23.0. The average Bonchev–Trinajstić information content (AvgIpc) is 3.23. The highest BCUT2D eigenvalue weighted by Gasteiger charge is 2.14. The van der Waals surface area contributed by atoms with E-state index in [0.717, 1.165) is 71.4 Å². The van der Waals surface area contributed by atoms with Crippen LogP contribution in [-0.4, -0.2) is 73.8 Å². The Labute approximate surface area is 225 Å². The zero-order chi connectivity index (χ0) is 26.2. The summed E-state index contributed by atoms with van der Waals surface area (Å²) < 4.78 is 14.3. The third kappa shape index (κ3) is 7.71. The predicted octanol–water partition coefficient (Wildman–Crippen LogP) is 5.87.